The van der Waals surface area contributed by atoms with Gasteiger partial charge in [0.15, 0.2) is 6.61 Å². The SMILES string of the molecule is CCCN(CC(=O)N(Cc1ccc(OC)cc1)C1CCN(C(=O)COc2ccccc2)CC1)S(=O)(=O)c1ccccc1. The number of ether oxygens (including phenoxy) is 2. The Morgan fingerprint density at radius 1 is 0.881 bits per heavy atom. The van der Waals surface area contributed by atoms with Gasteiger partial charge in [-0.05, 0) is 61.2 Å². The third kappa shape index (κ3) is 8.10. The average molecular weight is 594 g/mol. The molecule has 0 radical (unpaired) electrons. The van der Waals surface area contributed by atoms with E-state index < -0.39 is 10.0 Å². The van der Waals surface area contributed by atoms with Crippen molar-refractivity contribution >= 4 is 21.8 Å². The number of piperidine rings is 1. The maximum atomic E-state index is 13.9. The molecule has 9 nitrogen and oxygen atoms in total. The predicted molar refractivity (Wildman–Crippen MR) is 161 cm³/mol. The van der Waals surface area contributed by atoms with Crippen LogP contribution in [0.5, 0.6) is 11.5 Å². The van der Waals surface area contributed by atoms with Gasteiger partial charge in [-0.25, -0.2) is 8.42 Å². The summed E-state index contributed by atoms with van der Waals surface area (Å²) in [5.41, 5.74) is 0.909. The van der Waals surface area contributed by atoms with Crippen LogP contribution in [0.2, 0.25) is 0 Å². The number of hydrogen-bond acceptors (Lipinski definition) is 6. The zero-order valence-corrected chi connectivity index (χ0v) is 25.0. The Morgan fingerprint density at radius 3 is 2.10 bits per heavy atom. The Kier molecular flexibility index (Phi) is 11.0. The van der Waals surface area contributed by atoms with Crippen LogP contribution in [0.15, 0.2) is 89.8 Å². The third-order valence-electron chi connectivity index (χ3n) is 7.36. The van der Waals surface area contributed by atoms with Crippen LogP contribution in [-0.4, -0.2) is 80.3 Å². The maximum absolute atomic E-state index is 13.9. The fraction of sp³-hybridized carbons (Fsp3) is 0.375. The van der Waals surface area contributed by atoms with Crippen LogP contribution >= 0.6 is 0 Å². The Labute approximate surface area is 248 Å². The predicted octanol–water partition coefficient (Wildman–Crippen LogP) is 4.19. The molecule has 0 atom stereocenters. The number of likely N-dealkylation sites (tertiary alicyclic amines) is 1. The second kappa shape index (κ2) is 14.8. The second-order valence-electron chi connectivity index (χ2n) is 10.2. The van der Waals surface area contributed by atoms with Crippen molar-refractivity contribution in [3.8, 4) is 11.5 Å². The highest BCUT2D eigenvalue weighted by molar-refractivity contribution is 7.89. The fourth-order valence-electron chi connectivity index (χ4n) is 5.05. The van der Waals surface area contributed by atoms with Crippen molar-refractivity contribution in [2.45, 2.75) is 43.7 Å². The molecule has 1 aliphatic heterocycles. The first-order valence-corrected chi connectivity index (χ1v) is 15.7. The summed E-state index contributed by atoms with van der Waals surface area (Å²) in [5.74, 6) is 0.979. The molecule has 224 valence electrons. The van der Waals surface area contributed by atoms with E-state index in [1.807, 2.05) is 61.5 Å². The molecule has 0 saturated carbocycles. The quantitative estimate of drug-likeness (QED) is 0.295. The largest absolute Gasteiger partial charge is 0.497 e. The number of amides is 2. The van der Waals surface area contributed by atoms with Crippen molar-refractivity contribution in [2.75, 3.05) is 39.9 Å². The lowest BCUT2D eigenvalue weighted by molar-refractivity contribution is -0.138. The minimum atomic E-state index is -3.85. The molecule has 1 aliphatic rings. The molecule has 2 amide bonds. The molecule has 1 fully saturated rings. The zero-order valence-electron chi connectivity index (χ0n) is 24.2. The first kappa shape index (κ1) is 31.1. The molecule has 0 aliphatic carbocycles. The molecule has 42 heavy (non-hydrogen) atoms. The zero-order chi connectivity index (χ0) is 30.0. The van der Waals surface area contributed by atoms with Gasteiger partial charge in [0.25, 0.3) is 5.91 Å². The summed E-state index contributed by atoms with van der Waals surface area (Å²) in [7, 11) is -2.25. The van der Waals surface area contributed by atoms with Crippen LogP contribution in [0.4, 0.5) is 0 Å². The minimum Gasteiger partial charge on any atom is -0.497 e. The van der Waals surface area contributed by atoms with Crippen molar-refractivity contribution in [3.05, 3.63) is 90.5 Å². The van der Waals surface area contributed by atoms with Gasteiger partial charge in [0.05, 0.1) is 18.6 Å². The van der Waals surface area contributed by atoms with Gasteiger partial charge in [0, 0.05) is 32.2 Å². The standard InChI is InChI=1S/C32H39N3O6S/c1-3-20-34(42(38,39)30-12-8-5-9-13-30)24-31(36)35(23-26-14-16-28(40-2)17-15-26)27-18-21-33(22-19-27)32(37)25-41-29-10-6-4-7-11-29/h4-17,27H,3,18-25H2,1-2H3. The number of para-hydroxylation sites is 1. The number of nitrogens with zero attached hydrogens (tertiary/aromatic N) is 3. The summed E-state index contributed by atoms with van der Waals surface area (Å²) in [6.07, 6.45) is 1.74. The molecule has 1 saturated heterocycles. The lowest BCUT2D eigenvalue weighted by Crippen LogP contribution is -2.51. The monoisotopic (exact) mass is 593 g/mol. The van der Waals surface area contributed by atoms with Crippen LogP contribution in [0, 0.1) is 0 Å². The number of sulfonamides is 1. The minimum absolute atomic E-state index is 0.0491. The van der Waals surface area contributed by atoms with E-state index in [4.69, 9.17) is 9.47 Å². The summed E-state index contributed by atoms with van der Waals surface area (Å²) < 4.78 is 39.1. The van der Waals surface area contributed by atoms with Gasteiger partial charge >= 0.3 is 0 Å². The Hall–Kier alpha value is -3.89. The summed E-state index contributed by atoms with van der Waals surface area (Å²) in [6, 6.07) is 24.8. The number of carbonyl (C=O) groups is 2. The van der Waals surface area contributed by atoms with Crippen molar-refractivity contribution in [2.24, 2.45) is 0 Å². The Balaban J connectivity index is 1.47. The number of benzene rings is 3. The summed E-state index contributed by atoms with van der Waals surface area (Å²) >= 11 is 0. The molecule has 0 aromatic heterocycles. The van der Waals surface area contributed by atoms with Gasteiger partial charge in [-0.2, -0.15) is 4.31 Å². The summed E-state index contributed by atoms with van der Waals surface area (Å²) in [4.78, 5) is 30.4. The highest BCUT2D eigenvalue weighted by Gasteiger charge is 2.33. The lowest BCUT2D eigenvalue weighted by atomic mass is 10.0. The van der Waals surface area contributed by atoms with Crippen LogP contribution in [0.25, 0.3) is 0 Å². The van der Waals surface area contributed by atoms with Crippen molar-refractivity contribution < 1.29 is 27.5 Å². The first-order chi connectivity index (χ1) is 20.3. The molecule has 0 unspecified atom stereocenters. The van der Waals surface area contributed by atoms with E-state index in [0.29, 0.717) is 50.4 Å². The molecule has 0 spiro atoms. The molecule has 3 aromatic rings. The molecule has 0 N–H and O–H groups in total. The van der Waals surface area contributed by atoms with Gasteiger partial charge < -0.3 is 19.3 Å². The molecule has 4 rings (SSSR count). The van der Waals surface area contributed by atoms with Crippen molar-refractivity contribution in [1.82, 2.24) is 14.1 Å². The van der Waals surface area contributed by atoms with E-state index in [1.54, 1.807) is 47.2 Å². The Bertz CT molecular complexity index is 1390. The topological polar surface area (TPSA) is 96.5 Å². The van der Waals surface area contributed by atoms with E-state index in [1.165, 1.54) is 4.31 Å². The van der Waals surface area contributed by atoms with Crippen LogP contribution in [0.3, 0.4) is 0 Å². The second-order valence-corrected chi connectivity index (χ2v) is 12.2. The van der Waals surface area contributed by atoms with Crippen LogP contribution in [-0.2, 0) is 26.2 Å². The van der Waals surface area contributed by atoms with E-state index in [2.05, 4.69) is 0 Å². The smallest absolute Gasteiger partial charge is 0.260 e. The van der Waals surface area contributed by atoms with Gasteiger partial charge in [-0.15, -0.1) is 0 Å². The number of methoxy groups -OCH3 is 1. The van der Waals surface area contributed by atoms with E-state index in [0.717, 1.165) is 5.56 Å². The third-order valence-corrected chi connectivity index (χ3v) is 9.22. The summed E-state index contributed by atoms with van der Waals surface area (Å²) in [6.45, 7) is 3.10. The lowest BCUT2D eigenvalue weighted by Gasteiger charge is -2.39. The molecule has 10 heteroatoms. The molecule has 3 aromatic carbocycles. The Morgan fingerprint density at radius 2 is 1.50 bits per heavy atom. The summed E-state index contributed by atoms with van der Waals surface area (Å²) in [5, 5.41) is 0. The molecular weight excluding hydrogens is 554 g/mol. The first-order valence-electron chi connectivity index (χ1n) is 14.2. The van der Waals surface area contributed by atoms with Crippen molar-refractivity contribution in [3.63, 3.8) is 0 Å². The van der Waals surface area contributed by atoms with Crippen LogP contribution < -0.4 is 9.47 Å². The number of carbonyl (C=O) groups excluding carboxylic acids is 2. The maximum Gasteiger partial charge on any atom is 0.260 e. The highest BCUT2D eigenvalue weighted by atomic mass is 32.2. The van der Waals surface area contributed by atoms with Gasteiger partial charge in [0.1, 0.15) is 11.5 Å². The van der Waals surface area contributed by atoms with E-state index >= 15 is 0 Å². The van der Waals surface area contributed by atoms with Gasteiger partial charge in [-0.1, -0.05) is 55.5 Å². The number of hydrogen-bond donors (Lipinski definition) is 0. The molecular formula is C32H39N3O6S. The normalized spacial score (nSPS) is 14.0. The average Bonchev–Trinajstić information content (AvgIpc) is 3.03. The van der Waals surface area contributed by atoms with Crippen molar-refractivity contribution in [1.29, 1.82) is 0 Å². The van der Waals surface area contributed by atoms with E-state index in [9.17, 15) is 18.0 Å². The number of rotatable bonds is 13. The van der Waals surface area contributed by atoms with Crippen LogP contribution in [0.1, 0.15) is 31.7 Å². The van der Waals surface area contributed by atoms with E-state index in [-0.39, 0.29) is 42.4 Å². The highest BCUT2D eigenvalue weighted by Crippen LogP contribution is 2.23. The van der Waals surface area contributed by atoms with Gasteiger partial charge in [-0.3, -0.25) is 9.59 Å². The fourth-order valence-corrected chi connectivity index (χ4v) is 6.55. The van der Waals surface area contributed by atoms with Gasteiger partial charge in [0.2, 0.25) is 15.9 Å². The molecule has 1 heterocycles. The molecule has 0 bridgehead atoms.